The fourth-order valence-electron chi connectivity index (χ4n) is 1.51. The first kappa shape index (κ1) is 10.5. The van der Waals surface area contributed by atoms with Gasteiger partial charge >= 0.3 is 5.97 Å². The second-order valence-corrected chi connectivity index (χ2v) is 3.18. The summed E-state index contributed by atoms with van der Waals surface area (Å²) in [7, 11) is 1.37. The fraction of sp³-hybridized carbons (Fsp3) is 0.889. The van der Waals surface area contributed by atoms with Gasteiger partial charge in [0.05, 0.1) is 7.11 Å². The van der Waals surface area contributed by atoms with Gasteiger partial charge in [-0.25, -0.2) is 14.6 Å². The van der Waals surface area contributed by atoms with Crippen LogP contribution in [0.4, 0.5) is 0 Å². The molecule has 1 aliphatic carbocycles. The number of ether oxygens (including phenoxy) is 1. The average Bonchev–Trinajstić information content (AvgIpc) is 2.16. The van der Waals surface area contributed by atoms with E-state index in [9.17, 15) is 4.79 Å². The minimum Gasteiger partial charge on any atom is -0.461 e. The van der Waals surface area contributed by atoms with Crippen LogP contribution in [-0.4, -0.2) is 25.8 Å². The SMILES string of the molecule is COOCC(=O)OC1CCCCC1. The van der Waals surface area contributed by atoms with Gasteiger partial charge in [0.1, 0.15) is 6.10 Å². The van der Waals surface area contributed by atoms with Crippen LogP contribution in [0.1, 0.15) is 32.1 Å². The molecule has 0 unspecified atom stereocenters. The van der Waals surface area contributed by atoms with Crippen molar-refractivity contribution in [3.05, 3.63) is 0 Å². The molecule has 4 nitrogen and oxygen atoms in total. The Kier molecular flexibility index (Phi) is 4.78. The Hall–Kier alpha value is -0.610. The van der Waals surface area contributed by atoms with E-state index in [4.69, 9.17) is 4.74 Å². The molecule has 0 amide bonds. The third kappa shape index (κ3) is 4.24. The molecule has 1 rings (SSSR count). The highest BCUT2D eigenvalue weighted by Gasteiger charge is 2.17. The van der Waals surface area contributed by atoms with E-state index in [-0.39, 0.29) is 18.7 Å². The van der Waals surface area contributed by atoms with Crippen LogP contribution in [0.5, 0.6) is 0 Å². The summed E-state index contributed by atoms with van der Waals surface area (Å²) >= 11 is 0. The van der Waals surface area contributed by atoms with Crippen LogP contribution < -0.4 is 0 Å². The molecule has 76 valence electrons. The summed E-state index contributed by atoms with van der Waals surface area (Å²) in [6, 6.07) is 0. The molecule has 0 aliphatic heterocycles. The van der Waals surface area contributed by atoms with Crippen molar-refractivity contribution in [1.82, 2.24) is 0 Å². The molecule has 0 aromatic rings. The first-order valence-electron chi connectivity index (χ1n) is 4.68. The maximum absolute atomic E-state index is 11.0. The fourth-order valence-corrected chi connectivity index (χ4v) is 1.51. The first-order chi connectivity index (χ1) is 6.33. The maximum atomic E-state index is 11.0. The zero-order valence-electron chi connectivity index (χ0n) is 7.95. The van der Waals surface area contributed by atoms with Gasteiger partial charge in [-0.3, -0.25) is 0 Å². The Morgan fingerprint density at radius 3 is 2.62 bits per heavy atom. The van der Waals surface area contributed by atoms with E-state index in [1.165, 1.54) is 13.5 Å². The van der Waals surface area contributed by atoms with Gasteiger partial charge in [-0.1, -0.05) is 6.42 Å². The van der Waals surface area contributed by atoms with Crippen molar-refractivity contribution in [2.24, 2.45) is 0 Å². The molecule has 0 N–H and O–H groups in total. The molecule has 1 fully saturated rings. The van der Waals surface area contributed by atoms with E-state index < -0.39 is 0 Å². The lowest BCUT2D eigenvalue weighted by Gasteiger charge is -2.21. The molecule has 0 heterocycles. The van der Waals surface area contributed by atoms with Gasteiger partial charge in [-0.15, -0.1) is 0 Å². The monoisotopic (exact) mass is 188 g/mol. The molecule has 1 aliphatic rings. The average molecular weight is 188 g/mol. The Bertz CT molecular complexity index is 152. The minimum absolute atomic E-state index is 0.0988. The predicted molar refractivity (Wildman–Crippen MR) is 45.9 cm³/mol. The number of hydrogen-bond acceptors (Lipinski definition) is 4. The molecule has 0 saturated heterocycles. The lowest BCUT2D eigenvalue weighted by atomic mass is 9.98. The Balaban J connectivity index is 2.11. The van der Waals surface area contributed by atoms with Crippen molar-refractivity contribution in [2.45, 2.75) is 38.2 Å². The van der Waals surface area contributed by atoms with Crippen molar-refractivity contribution in [1.29, 1.82) is 0 Å². The highest BCUT2D eigenvalue weighted by atomic mass is 17.2. The summed E-state index contributed by atoms with van der Waals surface area (Å²) in [6.45, 7) is -0.118. The Labute approximate surface area is 78.1 Å². The molecule has 0 bridgehead atoms. The lowest BCUT2D eigenvalue weighted by molar-refractivity contribution is -0.273. The van der Waals surface area contributed by atoms with Crippen LogP contribution in [0.3, 0.4) is 0 Å². The molecule has 0 aromatic carbocycles. The van der Waals surface area contributed by atoms with Crippen molar-refractivity contribution >= 4 is 5.97 Å². The predicted octanol–water partition coefficient (Wildman–Crippen LogP) is 1.44. The Morgan fingerprint density at radius 2 is 2.00 bits per heavy atom. The number of hydrogen-bond donors (Lipinski definition) is 0. The summed E-state index contributed by atoms with van der Waals surface area (Å²) < 4.78 is 5.15. The van der Waals surface area contributed by atoms with Gasteiger partial charge in [-0.2, -0.15) is 0 Å². The largest absolute Gasteiger partial charge is 0.461 e. The molecule has 0 radical (unpaired) electrons. The van der Waals surface area contributed by atoms with Crippen LogP contribution in [-0.2, 0) is 19.3 Å². The van der Waals surface area contributed by atoms with Crippen LogP contribution in [0, 0.1) is 0 Å². The van der Waals surface area contributed by atoms with Gasteiger partial charge in [0, 0.05) is 0 Å². The molecule has 13 heavy (non-hydrogen) atoms. The Morgan fingerprint density at radius 1 is 1.31 bits per heavy atom. The zero-order valence-corrected chi connectivity index (χ0v) is 7.95. The summed E-state index contributed by atoms with van der Waals surface area (Å²) in [5, 5.41) is 0. The van der Waals surface area contributed by atoms with E-state index >= 15 is 0 Å². The van der Waals surface area contributed by atoms with Crippen LogP contribution in [0.2, 0.25) is 0 Å². The third-order valence-corrected chi connectivity index (χ3v) is 2.14. The minimum atomic E-state index is -0.339. The normalized spacial score (nSPS) is 18.5. The topological polar surface area (TPSA) is 44.8 Å². The maximum Gasteiger partial charge on any atom is 0.335 e. The molecule has 0 spiro atoms. The van der Waals surface area contributed by atoms with Crippen molar-refractivity contribution in [2.75, 3.05) is 13.7 Å². The van der Waals surface area contributed by atoms with Gasteiger partial charge in [0.15, 0.2) is 6.61 Å². The second-order valence-electron chi connectivity index (χ2n) is 3.18. The lowest BCUT2D eigenvalue weighted by Crippen LogP contribution is -2.23. The number of esters is 1. The van der Waals surface area contributed by atoms with E-state index in [1.807, 2.05) is 0 Å². The molecule has 4 heteroatoms. The van der Waals surface area contributed by atoms with E-state index in [0.717, 1.165) is 25.7 Å². The molecular formula is C9H16O4. The van der Waals surface area contributed by atoms with Crippen molar-refractivity contribution in [3.8, 4) is 0 Å². The molecule has 1 saturated carbocycles. The van der Waals surface area contributed by atoms with E-state index in [1.54, 1.807) is 0 Å². The molecule has 0 aromatic heterocycles. The molecular weight excluding hydrogens is 172 g/mol. The van der Waals surface area contributed by atoms with Crippen molar-refractivity contribution in [3.63, 3.8) is 0 Å². The summed E-state index contributed by atoms with van der Waals surface area (Å²) in [5.41, 5.74) is 0. The van der Waals surface area contributed by atoms with Crippen LogP contribution in [0.15, 0.2) is 0 Å². The third-order valence-electron chi connectivity index (χ3n) is 2.14. The summed E-state index contributed by atoms with van der Waals surface area (Å²) in [4.78, 5) is 19.8. The highest BCUT2D eigenvalue weighted by molar-refractivity contribution is 5.70. The van der Waals surface area contributed by atoms with E-state index in [0.29, 0.717) is 0 Å². The van der Waals surface area contributed by atoms with Gasteiger partial charge in [0.25, 0.3) is 0 Å². The highest BCUT2D eigenvalue weighted by Crippen LogP contribution is 2.20. The van der Waals surface area contributed by atoms with E-state index in [2.05, 4.69) is 9.78 Å². The number of carbonyl (C=O) groups is 1. The smallest absolute Gasteiger partial charge is 0.335 e. The van der Waals surface area contributed by atoms with Gasteiger partial charge in [-0.05, 0) is 25.7 Å². The van der Waals surface area contributed by atoms with Gasteiger partial charge in [0.2, 0.25) is 0 Å². The number of rotatable bonds is 4. The quantitative estimate of drug-likeness (QED) is 0.380. The summed E-state index contributed by atoms with van der Waals surface area (Å²) in [6.07, 6.45) is 5.63. The second kappa shape index (κ2) is 5.94. The first-order valence-corrected chi connectivity index (χ1v) is 4.68. The number of carbonyl (C=O) groups excluding carboxylic acids is 1. The zero-order chi connectivity index (χ0) is 9.52. The standard InChI is InChI=1S/C9H16O4/c1-11-12-7-9(10)13-8-5-3-2-4-6-8/h8H,2-7H2,1H3. The van der Waals surface area contributed by atoms with Crippen molar-refractivity contribution < 1.29 is 19.3 Å². The van der Waals surface area contributed by atoms with Crippen LogP contribution in [0.25, 0.3) is 0 Å². The molecule has 0 atom stereocenters. The van der Waals surface area contributed by atoms with Crippen LogP contribution >= 0.6 is 0 Å². The van der Waals surface area contributed by atoms with Gasteiger partial charge < -0.3 is 4.74 Å². The summed E-state index contributed by atoms with van der Waals surface area (Å²) in [5.74, 6) is -0.339.